The van der Waals surface area contributed by atoms with E-state index in [1.807, 2.05) is 80.6 Å². The summed E-state index contributed by atoms with van der Waals surface area (Å²) >= 11 is 0. The molecular formula is C23H22N2O3. The lowest BCUT2D eigenvalue weighted by molar-refractivity contribution is -0.148. The highest BCUT2D eigenvalue weighted by molar-refractivity contribution is 5.82. The first-order chi connectivity index (χ1) is 13.5. The lowest BCUT2D eigenvalue weighted by Crippen LogP contribution is -2.25. The van der Waals surface area contributed by atoms with Gasteiger partial charge in [-0.15, -0.1) is 0 Å². The van der Waals surface area contributed by atoms with Crippen LogP contribution in [0.25, 0.3) is 0 Å². The van der Waals surface area contributed by atoms with Gasteiger partial charge in [-0.2, -0.15) is 0 Å². The molecule has 2 heterocycles. The molecule has 0 saturated carbocycles. The van der Waals surface area contributed by atoms with E-state index in [4.69, 9.17) is 9.47 Å². The van der Waals surface area contributed by atoms with Gasteiger partial charge in [-0.25, -0.2) is 9.78 Å². The number of hydrogen-bond acceptors (Lipinski definition) is 5. The van der Waals surface area contributed by atoms with Crippen molar-refractivity contribution in [3.63, 3.8) is 0 Å². The summed E-state index contributed by atoms with van der Waals surface area (Å²) in [6.07, 6.45) is 2.25. The highest BCUT2D eigenvalue weighted by atomic mass is 16.6. The Kier molecular flexibility index (Phi) is 4.74. The molecule has 1 fully saturated rings. The number of pyridine rings is 1. The van der Waals surface area contributed by atoms with E-state index >= 15 is 0 Å². The van der Waals surface area contributed by atoms with Gasteiger partial charge < -0.3 is 14.8 Å². The second-order valence-corrected chi connectivity index (χ2v) is 7.21. The summed E-state index contributed by atoms with van der Waals surface area (Å²) in [7, 11) is 0. The highest BCUT2D eigenvalue weighted by Gasteiger charge is 2.44. The van der Waals surface area contributed by atoms with E-state index in [0.29, 0.717) is 12.2 Å². The number of carbonyl (C=O) groups is 1. The third kappa shape index (κ3) is 3.83. The van der Waals surface area contributed by atoms with Gasteiger partial charge in [0.25, 0.3) is 0 Å². The molecule has 1 N–H and O–H groups in total. The minimum atomic E-state index is -0.691. The van der Waals surface area contributed by atoms with E-state index < -0.39 is 11.6 Å². The van der Waals surface area contributed by atoms with Crippen LogP contribution in [0.5, 0.6) is 11.5 Å². The SMILES string of the molecule is Cc1ccnc(NC2CC(C)(c3ccc(Oc4ccccc4)cc3)OC2=O)c1. The van der Waals surface area contributed by atoms with Crippen molar-refractivity contribution in [2.45, 2.75) is 31.9 Å². The van der Waals surface area contributed by atoms with Crippen LogP contribution in [-0.4, -0.2) is 17.0 Å². The summed E-state index contributed by atoms with van der Waals surface area (Å²) < 4.78 is 11.6. The van der Waals surface area contributed by atoms with Crippen molar-refractivity contribution < 1.29 is 14.3 Å². The summed E-state index contributed by atoms with van der Waals surface area (Å²) in [6.45, 7) is 3.92. The fourth-order valence-electron chi connectivity index (χ4n) is 3.39. The minimum Gasteiger partial charge on any atom is -0.457 e. The molecule has 2 unspecified atom stereocenters. The van der Waals surface area contributed by atoms with Crippen LogP contribution in [0.1, 0.15) is 24.5 Å². The van der Waals surface area contributed by atoms with Gasteiger partial charge in [0.1, 0.15) is 29.0 Å². The van der Waals surface area contributed by atoms with Crippen LogP contribution < -0.4 is 10.1 Å². The van der Waals surface area contributed by atoms with Crippen molar-refractivity contribution in [1.82, 2.24) is 4.98 Å². The fourth-order valence-corrected chi connectivity index (χ4v) is 3.39. The predicted molar refractivity (Wildman–Crippen MR) is 107 cm³/mol. The molecule has 5 heteroatoms. The molecule has 1 aromatic heterocycles. The van der Waals surface area contributed by atoms with Crippen LogP contribution in [-0.2, 0) is 15.1 Å². The van der Waals surface area contributed by atoms with Crippen LogP contribution in [0.15, 0.2) is 72.9 Å². The van der Waals surface area contributed by atoms with Gasteiger partial charge in [0.15, 0.2) is 0 Å². The number of ether oxygens (including phenoxy) is 2. The lowest BCUT2D eigenvalue weighted by atomic mass is 9.91. The lowest BCUT2D eigenvalue weighted by Gasteiger charge is -2.23. The first-order valence-corrected chi connectivity index (χ1v) is 9.27. The van der Waals surface area contributed by atoms with Gasteiger partial charge >= 0.3 is 5.97 Å². The number of cyclic esters (lactones) is 1. The van der Waals surface area contributed by atoms with E-state index in [-0.39, 0.29) is 5.97 Å². The molecule has 0 radical (unpaired) electrons. The number of aryl methyl sites for hydroxylation is 1. The smallest absolute Gasteiger partial charge is 0.329 e. The molecule has 28 heavy (non-hydrogen) atoms. The van der Waals surface area contributed by atoms with Gasteiger partial charge in [-0.05, 0) is 61.4 Å². The number of benzene rings is 2. The molecule has 0 amide bonds. The molecule has 1 aliphatic rings. The normalized spacial score (nSPS) is 21.2. The largest absolute Gasteiger partial charge is 0.457 e. The third-order valence-corrected chi connectivity index (χ3v) is 4.89. The van der Waals surface area contributed by atoms with E-state index in [1.54, 1.807) is 6.20 Å². The van der Waals surface area contributed by atoms with Crippen molar-refractivity contribution in [2.24, 2.45) is 0 Å². The Morgan fingerprint density at radius 2 is 1.79 bits per heavy atom. The average Bonchev–Trinajstić information content (AvgIpc) is 2.98. The summed E-state index contributed by atoms with van der Waals surface area (Å²) in [5.74, 6) is 1.93. The number of nitrogens with zero attached hydrogens (tertiary/aromatic N) is 1. The molecule has 2 aromatic carbocycles. The molecule has 0 spiro atoms. The standard InChI is InChI=1S/C23H22N2O3/c1-16-12-13-24-21(14-16)25-20-15-23(2,28-22(20)26)17-8-10-19(11-9-17)27-18-6-4-3-5-7-18/h3-14,20H,15H2,1-2H3,(H,24,25). The minimum absolute atomic E-state index is 0.268. The summed E-state index contributed by atoms with van der Waals surface area (Å²) in [4.78, 5) is 16.7. The van der Waals surface area contributed by atoms with Gasteiger partial charge in [-0.1, -0.05) is 30.3 Å². The van der Waals surface area contributed by atoms with Crippen LogP contribution >= 0.6 is 0 Å². The number of nitrogens with one attached hydrogen (secondary N) is 1. The van der Waals surface area contributed by atoms with Gasteiger partial charge in [0.2, 0.25) is 0 Å². The summed E-state index contributed by atoms with van der Waals surface area (Å²) in [5, 5.41) is 3.19. The topological polar surface area (TPSA) is 60.5 Å². The molecule has 0 bridgehead atoms. The van der Waals surface area contributed by atoms with E-state index in [9.17, 15) is 4.79 Å². The van der Waals surface area contributed by atoms with Gasteiger partial charge in [0.05, 0.1) is 0 Å². The van der Waals surface area contributed by atoms with E-state index in [2.05, 4.69) is 10.3 Å². The van der Waals surface area contributed by atoms with Crippen LogP contribution in [0.3, 0.4) is 0 Å². The molecule has 4 rings (SSSR count). The first kappa shape index (κ1) is 18.0. The Morgan fingerprint density at radius 3 is 2.50 bits per heavy atom. The number of para-hydroxylation sites is 1. The first-order valence-electron chi connectivity index (χ1n) is 9.27. The Bertz CT molecular complexity index is 973. The average molecular weight is 374 g/mol. The van der Waals surface area contributed by atoms with Crippen LogP contribution in [0.2, 0.25) is 0 Å². The summed E-state index contributed by atoms with van der Waals surface area (Å²) in [5.41, 5.74) is 1.33. The van der Waals surface area contributed by atoms with E-state index in [1.165, 1.54) is 0 Å². The maximum atomic E-state index is 12.4. The van der Waals surface area contributed by atoms with Crippen molar-refractivity contribution in [2.75, 3.05) is 5.32 Å². The van der Waals surface area contributed by atoms with Crippen LogP contribution in [0.4, 0.5) is 5.82 Å². The van der Waals surface area contributed by atoms with Crippen molar-refractivity contribution in [1.29, 1.82) is 0 Å². The molecule has 0 aliphatic carbocycles. The zero-order chi connectivity index (χ0) is 19.6. The number of hydrogen-bond donors (Lipinski definition) is 1. The second kappa shape index (κ2) is 7.35. The Balaban J connectivity index is 1.47. The quantitative estimate of drug-likeness (QED) is 0.649. The van der Waals surface area contributed by atoms with E-state index in [0.717, 1.165) is 22.6 Å². The maximum absolute atomic E-state index is 12.4. The van der Waals surface area contributed by atoms with Crippen LogP contribution in [0, 0.1) is 6.92 Å². The monoisotopic (exact) mass is 374 g/mol. The second-order valence-electron chi connectivity index (χ2n) is 7.21. The van der Waals surface area contributed by atoms with Gasteiger partial charge in [0, 0.05) is 12.6 Å². The highest BCUT2D eigenvalue weighted by Crippen LogP contribution is 2.38. The Labute approximate surface area is 164 Å². The number of rotatable bonds is 5. The molecule has 1 aliphatic heterocycles. The number of anilines is 1. The van der Waals surface area contributed by atoms with Crippen molar-refractivity contribution in [3.05, 3.63) is 84.1 Å². The van der Waals surface area contributed by atoms with Crippen molar-refractivity contribution >= 4 is 11.8 Å². The van der Waals surface area contributed by atoms with Gasteiger partial charge in [-0.3, -0.25) is 0 Å². The molecule has 3 aromatic rings. The zero-order valence-corrected chi connectivity index (χ0v) is 15.9. The molecular weight excluding hydrogens is 352 g/mol. The molecule has 2 atom stereocenters. The molecule has 142 valence electrons. The molecule has 5 nitrogen and oxygen atoms in total. The number of aromatic nitrogens is 1. The number of esters is 1. The maximum Gasteiger partial charge on any atom is 0.329 e. The predicted octanol–water partition coefficient (Wildman–Crippen LogP) is 4.83. The number of carbonyl (C=O) groups excluding carboxylic acids is 1. The Morgan fingerprint density at radius 1 is 1.07 bits per heavy atom. The third-order valence-electron chi connectivity index (χ3n) is 4.89. The molecule has 1 saturated heterocycles. The fraction of sp³-hybridized carbons (Fsp3) is 0.217. The Hall–Kier alpha value is -3.34. The summed E-state index contributed by atoms with van der Waals surface area (Å²) in [6, 6.07) is 20.7. The zero-order valence-electron chi connectivity index (χ0n) is 15.9. The van der Waals surface area contributed by atoms with Crippen molar-refractivity contribution in [3.8, 4) is 11.5 Å².